The average Bonchev–Trinajstić information content (AvgIpc) is 2.69. The van der Waals surface area contributed by atoms with E-state index in [0.29, 0.717) is 6.04 Å². The number of nitrogens with one attached hydrogen (secondary N) is 1. The molecule has 1 N–H and O–H groups in total. The molecule has 0 spiro atoms. The third-order valence-electron chi connectivity index (χ3n) is 2.49. The van der Waals surface area contributed by atoms with Gasteiger partial charge in [-0.1, -0.05) is 17.7 Å². The summed E-state index contributed by atoms with van der Waals surface area (Å²) in [5, 5.41) is 5.62. The molecule has 0 bridgehead atoms. The van der Waals surface area contributed by atoms with Crippen LogP contribution < -0.4 is 5.32 Å². The van der Waals surface area contributed by atoms with Crippen molar-refractivity contribution in [2.75, 3.05) is 27.2 Å². The van der Waals surface area contributed by atoms with Crippen LogP contribution in [0.15, 0.2) is 29.2 Å². The third kappa shape index (κ3) is 4.47. The highest BCUT2D eigenvalue weighted by Crippen LogP contribution is 2.22. The zero-order chi connectivity index (χ0) is 12.0. The Hall–Kier alpha value is -0.640. The minimum Gasteiger partial charge on any atom is -0.311 e. The van der Waals surface area contributed by atoms with Gasteiger partial charge in [0.25, 0.3) is 0 Å². The van der Waals surface area contributed by atoms with Crippen LogP contribution in [0.3, 0.4) is 0 Å². The Labute approximate surface area is 103 Å². The highest BCUT2D eigenvalue weighted by atomic mass is 32.1. The standard InChI is InChI=1S/C13H22N2S/c1-11(2)7-8-14-10-12(15(3)4)13-6-5-9-16-13/h5-7,9,12,14H,8,10H2,1-4H3. The van der Waals surface area contributed by atoms with E-state index in [0.717, 1.165) is 13.1 Å². The second-order valence-electron chi connectivity index (χ2n) is 4.43. The minimum absolute atomic E-state index is 0.477. The normalized spacial score (nSPS) is 12.8. The van der Waals surface area contributed by atoms with E-state index in [-0.39, 0.29) is 0 Å². The number of nitrogens with zero attached hydrogens (tertiary/aromatic N) is 1. The lowest BCUT2D eigenvalue weighted by Gasteiger charge is -2.23. The fraction of sp³-hybridized carbons (Fsp3) is 0.538. The van der Waals surface area contributed by atoms with Crippen LogP contribution in [0.2, 0.25) is 0 Å². The van der Waals surface area contributed by atoms with E-state index >= 15 is 0 Å². The first kappa shape index (κ1) is 13.4. The Morgan fingerprint density at radius 3 is 2.75 bits per heavy atom. The molecule has 1 atom stereocenters. The van der Waals surface area contributed by atoms with E-state index in [1.54, 1.807) is 0 Å². The fourth-order valence-electron chi connectivity index (χ4n) is 1.51. The Morgan fingerprint density at radius 2 is 2.25 bits per heavy atom. The predicted octanol–water partition coefficient (Wildman–Crippen LogP) is 2.91. The number of hydrogen-bond donors (Lipinski definition) is 1. The molecule has 1 unspecified atom stereocenters. The van der Waals surface area contributed by atoms with Crippen LogP contribution in [-0.4, -0.2) is 32.1 Å². The van der Waals surface area contributed by atoms with Gasteiger partial charge < -0.3 is 10.2 Å². The SMILES string of the molecule is CC(C)=CCNCC(c1cccs1)N(C)C. The van der Waals surface area contributed by atoms with Crippen LogP contribution in [-0.2, 0) is 0 Å². The summed E-state index contributed by atoms with van der Waals surface area (Å²) < 4.78 is 0. The summed E-state index contributed by atoms with van der Waals surface area (Å²) in [5.41, 5.74) is 1.37. The van der Waals surface area contributed by atoms with Gasteiger partial charge in [-0.25, -0.2) is 0 Å². The van der Waals surface area contributed by atoms with Crippen molar-refractivity contribution < 1.29 is 0 Å². The Morgan fingerprint density at radius 1 is 1.50 bits per heavy atom. The van der Waals surface area contributed by atoms with Gasteiger partial charge >= 0.3 is 0 Å². The van der Waals surface area contributed by atoms with E-state index in [1.807, 2.05) is 11.3 Å². The summed E-state index contributed by atoms with van der Waals surface area (Å²) in [6.07, 6.45) is 2.22. The largest absolute Gasteiger partial charge is 0.311 e. The number of hydrogen-bond acceptors (Lipinski definition) is 3. The summed E-state index contributed by atoms with van der Waals surface area (Å²) in [6.45, 7) is 6.21. The second-order valence-corrected chi connectivity index (χ2v) is 5.41. The van der Waals surface area contributed by atoms with Crippen LogP contribution in [0, 0.1) is 0 Å². The molecule has 3 heteroatoms. The fourth-order valence-corrected chi connectivity index (χ4v) is 2.44. The van der Waals surface area contributed by atoms with Crippen LogP contribution in [0.4, 0.5) is 0 Å². The van der Waals surface area contributed by atoms with E-state index in [2.05, 4.69) is 61.7 Å². The highest BCUT2D eigenvalue weighted by Gasteiger charge is 2.13. The molecule has 1 heterocycles. The number of allylic oxidation sites excluding steroid dienone is 1. The Bertz CT molecular complexity index is 311. The van der Waals surface area contributed by atoms with Gasteiger partial charge in [0.15, 0.2) is 0 Å². The molecule has 0 aliphatic heterocycles. The summed E-state index contributed by atoms with van der Waals surface area (Å²) in [6, 6.07) is 4.80. The molecule has 1 rings (SSSR count). The Balaban J connectivity index is 2.44. The molecule has 0 aliphatic carbocycles. The van der Waals surface area contributed by atoms with Crippen molar-refractivity contribution in [1.29, 1.82) is 0 Å². The second kappa shape index (κ2) is 6.84. The van der Waals surface area contributed by atoms with Gasteiger partial charge in [0.2, 0.25) is 0 Å². The summed E-state index contributed by atoms with van der Waals surface area (Å²) in [7, 11) is 4.26. The number of thiophene rings is 1. The molecule has 0 saturated carbocycles. The smallest absolute Gasteiger partial charge is 0.0561 e. The molecule has 0 aliphatic rings. The zero-order valence-corrected chi connectivity index (χ0v) is 11.5. The van der Waals surface area contributed by atoms with E-state index in [9.17, 15) is 0 Å². The summed E-state index contributed by atoms with van der Waals surface area (Å²) >= 11 is 1.83. The molecule has 2 nitrogen and oxygen atoms in total. The number of rotatable bonds is 6. The van der Waals surface area contributed by atoms with Crippen molar-refractivity contribution >= 4 is 11.3 Å². The van der Waals surface area contributed by atoms with E-state index in [1.165, 1.54) is 10.5 Å². The molecule has 0 aromatic carbocycles. The molecule has 0 saturated heterocycles. The average molecular weight is 238 g/mol. The first-order chi connectivity index (χ1) is 7.61. The quantitative estimate of drug-likeness (QED) is 0.605. The lowest BCUT2D eigenvalue weighted by molar-refractivity contribution is 0.295. The minimum atomic E-state index is 0.477. The monoisotopic (exact) mass is 238 g/mol. The maximum Gasteiger partial charge on any atom is 0.0561 e. The maximum atomic E-state index is 3.48. The van der Waals surface area contributed by atoms with Gasteiger partial charge in [-0.2, -0.15) is 0 Å². The molecule has 1 aromatic heterocycles. The first-order valence-corrected chi connectivity index (χ1v) is 6.53. The van der Waals surface area contributed by atoms with Gasteiger partial charge in [-0.3, -0.25) is 0 Å². The lowest BCUT2D eigenvalue weighted by Crippen LogP contribution is -2.30. The van der Waals surface area contributed by atoms with Crippen LogP contribution in [0.25, 0.3) is 0 Å². The number of likely N-dealkylation sites (N-methyl/N-ethyl adjacent to an activating group) is 1. The molecule has 16 heavy (non-hydrogen) atoms. The maximum absolute atomic E-state index is 3.48. The summed E-state index contributed by atoms with van der Waals surface area (Å²) in [4.78, 5) is 3.69. The zero-order valence-electron chi connectivity index (χ0n) is 10.7. The topological polar surface area (TPSA) is 15.3 Å². The predicted molar refractivity (Wildman–Crippen MR) is 73.0 cm³/mol. The Kier molecular flexibility index (Phi) is 5.74. The molecular weight excluding hydrogens is 216 g/mol. The van der Waals surface area contributed by atoms with Crippen molar-refractivity contribution in [2.24, 2.45) is 0 Å². The van der Waals surface area contributed by atoms with Gasteiger partial charge in [-0.05, 0) is 39.4 Å². The van der Waals surface area contributed by atoms with Crippen LogP contribution in [0.1, 0.15) is 24.8 Å². The van der Waals surface area contributed by atoms with Gasteiger partial charge in [0.1, 0.15) is 0 Å². The molecule has 90 valence electrons. The van der Waals surface area contributed by atoms with Crippen molar-refractivity contribution in [3.63, 3.8) is 0 Å². The summed E-state index contributed by atoms with van der Waals surface area (Å²) in [5.74, 6) is 0. The van der Waals surface area contributed by atoms with Gasteiger partial charge in [-0.15, -0.1) is 11.3 Å². The molecular formula is C13H22N2S. The van der Waals surface area contributed by atoms with Crippen molar-refractivity contribution in [2.45, 2.75) is 19.9 Å². The third-order valence-corrected chi connectivity index (χ3v) is 3.46. The van der Waals surface area contributed by atoms with Gasteiger partial charge in [0, 0.05) is 18.0 Å². The van der Waals surface area contributed by atoms with E-state index in [4.69, 9.17) is 0 Å². The molecule has 0 fully saturated rings. The molecule has 0 radical (unpaired) electrons. The van der Waals surface area contributed by atoms with Crippen molar-refractivity contribution in [3.05, 3.63) is 34.0 Å². The lowest BCUT2D eigenvalue weighted by atomic mass is 10.2. The molecule has 1 aromatic rings. The first-order valence-electron chi connectivity index (χ1n) is 5.65. The van der Waals surface area contributed by atoms with Crippen LogP contribution in [0.5, 0.6) is 0 Å². The van der Waals surface area contributed by atoms with Crippen molar-refractivity contribution in [1.82, 2.24) is 10.2 Å². The van der Waals surface area contributed by atoms with Crippen LogP contribution >= 0.6 is 11.3 Å². The highest BCUT2D eigenvalue weighted by molar-refractivity contribution is 7.10. The van der Waals surface area contributed by atoms with Gasteiger partial charge in [0.05, 0.1) is 6.04 Å². The van der Waals surface area contributed by atoms with E-state index < -0.39 is 0 Å². The molecule has 0 amide bonds. The van der Waals surface area contributed by atoms with Crippen molar-refractivity contribution in [3.8, 4) is 0 Å².